The maximum absolute atomic E-state index is 14.2. The first-order chi connectivity index (χ1) is 13.7. The highest BCUT2D eigenvalue weighted by Crippen LogP contribution is 2.27. The van der Waals surface area contributed by atoms with E-state index in [0.717, 1.165) is 12.8 Å². The van der Waals surface area contributed by atoms with E-state index in [0.29, 0.717) is 28.3 Å². The molecule has 0 aromatic heterocycles. The highest BCUT2D eigenvalue weighted by Gasteiger charge is 2.31. The third kappa shape index (κ3) is 5.47. The SMILES string of the molecule is CCCCc1cc(F)c(C#Cc2ccc3cc(OC(F)(F)F)ccc3c2)c(F)c1. The molecule has 1 nitrogen and oxygen atoms in total. The van der Waals surface area contributed by atoms with Crippen molar-refractivity contribution in [3.63, 3.8) is 0 Å². The van der Waals surface area contributed by atoms with Crippen molar-refractivity contribution in [1.82, 2.24) is 0 Å². The van der Waals surface area contributed by atoms with Gasteiger partial charge in [-0.2, -0.15) is 0 Å². The molecule has 0 atom stereocenters. The van der Waals surface area contributed by atoms with Crippen LogP contribution in [0.2, 0.25) is 0 Å². The van der Waals surface area contributed by atoms with Crippen LogP contribution in [0.5, 0.6) is 5.75 Å². The van der Waals surface area contributed by atoms with Gasteiger partial charge in [0.15, 0.2) is 0 Å². The molecule has 0 radical (unpaired) electrons. The molecule has 0 aliphatic carbocycles. The first kappa shape index (κ1) is 20.7. The third-order valence-corrected chi connectivity index (χ3v) is 4.30. The average Bonchev–Trinajstić information content (AvgIpc) is 2.64. The van der Waals surface area contributed by atoms with Crippen molar-refractivity contribution in [3.8, 4) is 17.6 Å². The lowest BCUT2D eigenvalue weighted by Crippen LogP contribution is -2.16. The summed E-state index contributed by atoms with van der Waals surface area (Å²) in [6.07, 6.45) is -2.39. The monoisotopic (exact) mass is 404 g/mol. The van der Waals surface area contributed by atoms with Crippen molar-refractivity contribution in [2.75, 3.05) is 0 Å². The van der Waals surface area contributed by atoms with Crippen LogP contribution in [-0.4, -0.2) is 6.36 Å². The Balaban J connectivity index is 1.86. The number of alkyl halides is 3. The van der Waals surface area contributed by atoms with Gasteiger partial charge in [-0.1, -0.05) is 37.3 Å². The summed E-state index contributed by atoms with van der Waals surface area (Å²) in [6.45, 7) is 2.00. The molecule has 0 bridgehead atoms. The van der Waals surface area contributed by atoms with Crippen LogP contribution in [0.25, 0.3) is 10.8 Å². The second-order valence-electron chi connectivity index (χ2n) is 6.56. The van der Waals surface area contributed by atoms with E-state index in [1.165, 1.54) is 30.3 Å². The average molecular weight is 404 g/mol. The van der Waals surface area contributed by atoms with Gasteiger partial charge >= 0.3 is 6.36 Å². The number of hydrogen-bond donors (Lipinski definition) is 0. The fourth-order valence-electron chi connectivity index (χ4n) is 2.90. The van der Waals surface area contributed by atoms with Gasteiger partial charge in [0.25, 0.3) is 0 Å². The van der Waals surface area contributed by atoms with Crippen LogP contribution in [0.1, 0.15) is 36.5 Å². The van der Waals surface area contributed by atoms with Crippen LogP contribution < -0.4 is 4.74 Å². The Morgan fingerprint density at radius 3 is 2.17 bits per heavy atom. The van der Waals surface area contributed by atoms with E-state index in [1.54, 1.807) is 18.2 Å². The minimum absolute atomic E-state index is 0.306. The van der Waals surface area contributed by atoms with Gasteiger partial charge in [0.2, 0.25) is 0 Å². The van der Waals surface area contributed by atoms with Gasteiger partial charge in [-0.3, -0.25) is 0 Å². The van der Waals surface area contributed by atoms with E-state index in [-0.39, 0.29) is 11.3 Å². The molecule has 0 aliphatic rings. The molecule has 29 heavy (non-hydrogen) atoms. The van der Waals surface area contributed by atoms with Gasteiger partial charge in [-0.05, 0) is 65.6 Å². The summed E-state index contributed by atoms with van der Waals surface area (Å²) in [5.41, 5.74) is 0.769. The van der Waals surface area contributed by atoms with Crippen LogP contribution in [0.4, 0.5) is 22.0 Å². The fourth-order valence-corrected chi connectivity index (χ4v) is 2.90. The molecule has 6 heteroatoms. The van der Waals surface area contributed by atoms with Crippen LogP contribution in [0.15, 0.2) is 48.5 Å². The molecule has 0 heterocycles. The minimum atomic E-state index is -4.76. The summed E-state index contributed by atoms with van der Waals surface area (Å²) in [7, 11) is 0. The summed E-state index contributed by atoms with van der Waals surface area (Å²) in [5.74, 6) is 3.48. The largest absolute Gasteiger partial charge is 0.573 e. The Labute approximate surface area is 165 Å². The Bertz CT molecular complexity index is 1070. The topological polar surface area (TPSA) is 9.23 Å². The smallest absolute Gasteiger partial charge is 0.406 e. The molecule has 0 saturated heterocycles. The first-order valence-electron chi connectivity index (χ1n) is 9.04. The molecule has 3 aromatic carbocycles. The number of hydrogen-bond acceptors (Lipinski definition) is 1. The molecule has 0 unspecified atom stereocenters. The second kappa shape index (κ2) is 8.52. The number of ether oxygens (including phenoxy) is 1. The van der Waals surface area contributed by atoms with E-state index in [1.807, 2.05) is 6.92 Å². The highest BCUT2D eigenvalue weighted by atomic mass is 19.4. The van der Waals surface area contributed by atoms with Crippen molar-refractivity contribution < 1.29 is 26.7 Å². The molecular formula is C23H17F5O. The molecule has 0 N–H and O–H groups in total. The molecule has 0 fully saturated rings. The summed E-state index contributed by atoms with van der Waals surface area (Å²) in [6, 6.07) is 11.3. The standard InChI is InChI=1S/C23H17F5O/c1-2-3-4-16-12-21(24)20(22(25)13-16)10-6-15-5-7-18-14-19(29-23(26,27)28)9-8-17(18)11-15/h5,7-9,11-14H,2-4H2,1H3. The molecule has 0 amide bonds. The normalized spacial score (nSPS) is 11.2. The van der Waals surface area contributed by atoms with E-state index in [4.69, 9.17) is 0 Å². The predicted octanol–water partition coefficient (Wildman–Crippen LogP) is 6.76. The van der Waals surface area contributed by atoms with Crippen LogP contribution in [-0.2, 0) is 6.42 Å². The number of halogens is 5. The number of aryl methyl sites for hydroxylation is 1. The van der Waals surface area contributed by atoms with E-state index < -0.39 is 18.0 Å². The summed E-state index contributed by atoms with van der Waals surface area (Å²) in [5, 5.41) is 1.15. The zero-order valence-electron chi connectivity index (χ0n) is 15.5. The second-order valence-corrected chi connectivity index (χ2v) is 6.56. The summed E-state index contributed by atoms with van der Waals surface area (Å²) in [4.78, 5) is 0. The molecule has 0 aliphatic heterocycles. The predicted molar refractivity (Wildman–Crippen MR) is 102 cm³/mol. The molecule has 0 spiro atoms. The van der Waals surface area contributed by atoms with Crippen molar-refractivity contribution in [2.24, 2.45) is 0 Å². The number of unbranched alkanes of at least 4 members (excludes halogenated alkanes) is 1. The Hall–Kier alpha value is -3.07. The molecule has 0 saturated carbocycles. The molecule has 150 valence electrons. The van der Waals surface area contributed by atoms with Gasteiger partial charge in [-0.25, -0.2) is 8.78 Å². The van der Waals surface area contributed by atoms with E-state index in [2.05, 4.69) is 16.6 Å². The van der Waals surface area contributed by atoms with Crippen molar-refractivity contribution in [2.45, 2.75) is 32.5 Å². The zero-order valence-corrected chi connectivity index (χ0v) is 15.5. The van der Waals surface area contributed by atoms with Crippen molar-refractivity contribution >= 4 is 10.8 Å². The number of fused-ring (bicyclic) bond motifs is 1. The minimum Gasteiger partial charge on any atom is -0.406 e. The fraction of sp³-hybridized carbons (Fsp3) is 0.217. The van der Waals surface area contributed by atoms with Gasteiger partial charge in [0.05, 0.1) is 5.56 Å². The first-order valence-corrected chi connectivity index (χ1v) is 9.04. The lowest BCUT2D eigenvalue weighted by Gasteiger charge is -2.09. The van der Waals surface area contributed by atoms with Crippen LogP contribution in [0, 0.1) is 23.5 Å². The van der Waals surface area contributed by atoms with Gasteiger partial charge in [0, 0.05) is 5.56 Å². The lowest BCUT2D eigenvalue weighted by atomic mass is 10.0. The quantitative estimate of drug-likeness (QED) is 0.345. The Morgan fingerprint density at radius 1 is 0.862 bits per heavy atom. The Kier molecular flexibility index (Phi) is 6.07. The van der Waals surface area contributed by atoms with Crippen molar-refractivity contribution in [1.29, 1.82) is 0 Å². The number of benzene rings is 3. The van der Waals surface area contributed by atoms with E-state index >= 15 is 0 Å². The summed E-state index contributed by atoms with van der Waals surface area (Å²) < 4.78 is 69.3. The molecular weight excluding hydrogens is 387 g/mol. The summed E-state index contributed by atoms with van der Waals surface area (Å²) >= 11 is 0. The van der Waals surface area contributed by atoms with Crippen LogP contribution in [0.3, 0.4) is 0 Å². The maximum atomic E-state index is 14.2. The van der Waals surface area contributed by atoms with E-state index in [9.17, 15) is 22.0 Å². The molecule has 3 aromatic rings. The van der Waals surface area contributed by atoms with Gasteiger partial charge in [0.1, 0.15) is 17.4 Å². The van der Waals surface area contributed by atoms with Crippen LogP contribution >= 0.6 is 0 Å². The maximum Gasteiger partial charge on any atom is 0.573 e. The van der Waals surface area contributed by atoms with Crippen molar-refractivity contribution in [3.05, 3.63) is 76.9 Å². The third-order valence-electron chi connectivity index (χ3n) is 4.30. The van der Waals surface area contributed by atoms with Gasteiger partial charge in [-0.15, -0.1) is 13.2 Å². The molecule has 3 rings (SSSR count). The number of rotatable bonds is 4. The van der Waals surface area contributed by atoms with Gasteiger partial charge < -0.3 is 4.74 Å². The Morgan fingerprint density at radius 2 is 1.52 bits per heavy atom. The zero-order chi connectivity index (χ0) is 21.0. The lowest BCUT2D eigenvalue weighted by molar-refractivity contribution is -0.274. The highest BCUT2D eigenvalue weighted by molar-refractivity contribution is 5.85.